The van der Waals surface area contributed by atoms with Gasteiger partial charge in [-0.25, -0.2) is 17.9 Å². The summed E-state index contributed by atoms with van der Waals surface area (Å²) in [6.07, 6.45) is -1.96. The number of ether oxygens (including phenoxy) is 1. The SMILES string of the molecule is CCc1nc2c(C(F)(F)F)ccnn2c1-c1cccc(Oc2cccc(S(C)(=O)=O)c2)c1. The number of hydrogen-bond acceptors (Lipinski definition) is 5. The number of nitrogens with zero attached hydrogens (tertiary/aromatic N) is 3. The normalized spacial score (nSPS) is 12.3. The highest BCUT2D eigenvalue weighted by Crippen LogP contribution is 2.35. The van der Waals surface area contributed by atoms with E-state index in [2.05, 4.69) is 10.1 Å². The summed E-state index contributed by atoms with van der Waals surface area (Å²) < 4.78 is 70.9. The molecular weight excluding hydrogens is 443 g/mol. The average molecular weight is 461 g/mol. The molecule has 0 saturated carbocycles. The second kappa shape index (κ2) is 7.94. The molecule has 0 atom stereocenters. The van der Waals surface area contributed by atoms with Crippen molar-refractivity contribution in [2.75, 3.05) is 6.26 Å². The Labute approximate surface area is 182 Å². The lowest BCUT2D eigenvalue weighted by molar-refractivity contribution is -0.136. The Kier molecular flexibility index (Phi) is 5.41. The van der Waals surface area contributed by atoms with Crippen LogP contribution in [0.1, 0.15) is 18.2 Å². The fourth-order valence-electron chi connectivity index (χ4n) is 3.36. The van der Waals surface area contributed by atoms with Gasteiger partial charge in [0, 0.05) is 18.0 Å². The van der Waals surface area contributed by atoms with Crippen molar-refractivity contribution in [3.8, 4) is 22.8 Å². The number of hydrogen-bond donors (Lipinski definition) is 0. The van der Waals surface area contributed by atoms with Gasteiger partial charge in [0.25, 0.3) is 0 Å². The number of rotatable bonds is 5. The molecule has 0 amide bonds. The maximum absolute atomic E-state index is 13.4. The highest BCUT2D eigenvalue weighted by Gasteiger charge is 2.35. The van der Waals surface area contributed by atoms with Gasteiger partial charge in [0.15, 0.2) is 15.5 Å². The molecule has 2 heterocycles. The Morgan fingerprint density at radius 1 is 1.03 bits per heavy atom. The summed E-state index contributed by atoms with van der Waals surface area (Å²) in [5.74, 6) is 0.702. The smallest absolute Gasteiger partial charge is 0.420 e. The van der Waals surface area contributed by atoms with Crippen molar-refractivity contribution in [1.82, 2.24) is 14.6 Å². The van der Waals surface area contributed by atoms with Crippen molar-refractivity contribution >= 4 is 15.5 Å². The van der Waals surface area contributed by atoms with Crippen LogP contribution in [0.2, 0.25) is 0 Å². The summed E-state index contributed by atoms with van der Waals surface area (Å²) in [5.41, 5.74) is 0.338. The molecule has 0 N–H and O–H groups in total. The Bertz CT molecular complexity index is 1410. The summed E-state index contributed by atoms with van der Waals surface area (Å²) >= 11 is 0. The number of imidazole rings is 1. The van der Waals surface area contributed by atoms with Crippen molar-refractivity contribution in [2.24, 2.45) is 0 Å². The second-order valence-electron chi connectivity index (χ2n) is 7.12. The van der Waals surface area contributed by atoms with Crippen LogP contribution >= 0.6 is 0 Å². The minimum absolute atomic E-state index is 0.116. The van der Waals surface area contributed by atoms with Gasteiger partial charge in [-0.1, -0.05) is 25.1 Å². The number of alkyl halides is 3. The van der Waals surface area contributed by atoms with Gasteiger partial charge in [-0.05, 0) is 42.8 Å². The topological polar surface area (TPSA) is 73.6 Å². The number of aromatic nitrogens is 3. The molecule has 0 bridgehead atoms. The highest BCUT2D eigenvalue weighted by atomic mass is 32.2. The zero-order valence-corrected chi connectivity index (χ0v) is 17.9. The van der Waals surface area contributed by atoms with Gasteiger partial charge in [0.05, 0.1) is 16.3 Å². The first kappa shape index (κ1) is 21.8. The predicted molar refractivity (Wildman–Crippen MR) is 112 cm³/mol. The maximum Gasteiger partial charge on any atom is 0.420 e. The van der Waals surface area contributed by atoms with E-state index >= 15 is 0 Å². The van der Waals surface area contributed by atoms with E-state index in [9.17, 15) is 21.6 Å². The molecule has 6 nitrogen and oxygen atoms in total. The maximum atomic E-state index is 13.4. The van der Waals surface area contributed by atoms with Crippen LogP contribution in [0.25, 0.3) is 16.9 Å². The number of halogens is 3. The van der Waals surface area contributed by atoms with Crippen molar-refractivity contribution in [1.29, 1.82) is 0 Å². The minimum Gasteiger partial charge on any atom is -0.457 e. The predicted octanol–water partition coefficient (Wildman–Crippen LogP) is 5.17. The largest absolute Gasteiger partial charge is 0.457 e. The highest BCUT2D eigenvalue weighted by molar-refractivity contribution is 7.90. The molecule has 32 heavy (non-hydrogen) atoms. The summed E-state index contributed by atoms with van der Waals surface area (Å²) in [6.45, 7) is 1.80. The van der Waals surface area contributed by atoms with E-state index in [4.69, 9.17) is 4.74 Å². The fourth-order valence-corrected chi connectivity index (χ4v) is 4.02. The Morgan fingerprint density at radius 3 is 2.38 bits per heavy atom. The number of sulfone groups is 1. The molecule has 0 fully saturated rings. The van der Waals surface area contributed by atoms with E-state index in [1.165, 1.54) is 16.6 Å². The molecule has 0 aliphatic rings. The van der Waals surface area contributed by atoms with Crippen molar-refractivity contribution in [2.45, 2.75) is 24.4 Å². The molecule has 2 aromatic carbocycles. The lowest BCUT2D eigenvalue weighted by atomic mass is 10.1. The van der Waals surface area contributed by atoms with Crippen LogP contribution < -0.4 is 4.74 Å². The van der Waals surface area contributed by atoms with Crippen LogP contribution in [0.4, 0.5) is 13.2 Å². The van der Waals surface area contributed by atoms with Crippen molar-refractivity contribution < 1.29 is 26.3 Å². The standard InChI is InChI=1S/C22H18F3N3O3S/c1-3-19-20(28-21(27-19)18(10-11-26-28)22(23,24)25)14-6-4-7-15(12-14)31-16-8-5-9-17(13-16)32(2,29)30/h4-13H,3H2,1-2H3. The molecule has 10 heteroatoms. The molecular formula is C22H18F3N3O3S. The summed E-state index contributed by atoms with van der Waals surface area (Å²) in [4.78, 5) is 4.32. The van der Waals surface area contributed by atoms with Gasteiger partial charge in [-0.2, -0.15) is 18.3 Å². The summed E-state index contributed by atoms with van der Waals surface area (Å²) in [6, 6.07) is 13.7. The van der Waals surface area contributed by atoms with Crippen LogP contribution in [0.5, 0.6) is 11.5 Å². The quantitative estimate of drug-likeness (QED) is 0.410. The first-order valence-corrected chi connectivity index (χ1v) is 11.5. The summed E-state index contributed by atoms with van der Waals surface area (Å²) in [7, 11) is -3.40. The minimum atomic E-state index is -4.56. The molecule has 4 aromatic rings. The lowest BCUT2D eigenvalue weighted by Crippen LogP contribution is -2.09. The van der Waals surface area contributed by atoms with E-state index in [1.807, 2.05) is 0 Å². The zero-order valence-electron chi connectivity index (χ0n) is 17.1. The molecule has 0 aliphatic heterocycles. The van der Waals surface area contributed by atoms with Crippen LogP contribution in [0, 0.1) is 0 Å². The Morgan fingerprint density at radius 2 is 1.72 bits per heavy atom. The van der Waals surface area contributed by atoms with Gasteiger partial charge in [-0.3, -0.25) is 0 Å². The van der Waals surface area contributed by atoms with E-state index in [0.29, 0.717) is 34.9 Å². The van der Waals surface area contributed by atoms with Gasteiger partial charge in [0.2, 0.25) is 0 Å². The van der Waals surface area contributed by atoms with Gasteiger partial charge in [-0.15, -0.1) is 0 Å². The van der Waals surface area contributed by atoms with Crippen molar-refractivity contribution in [3.05, 3.63) is 72.1 Å². The Hall–Kier alpha value is -3.40. The molecule has 0 unspecified atom stereocenters. The Balaban J connectivity index is 1.79. The lowest BCUT2D eigenvalue weighted by Gasteiger charge is -2.10. The van der Waals surface area contributed by atoms with Crippen LogP contribution in [-0.4, -0.2) is 29.3 Å². The van der Waals surface area contributed by atoms with Gasteiger partial charge < -0.3 is 4.74 Å². The number of fused-ring (bicyclic) bond motifs is 1. The van der Waals surface area contributed by atoms with E-state index in [-0.39, 0.29) is 10.5 Å². The van der Waals surface area contributed by atoms with Gasteiger partial charge in [0.1, 0.15) is 17.1 Å². The molecule has 0 saturated heterocycles. The van der Waals surface area contributed by atoms with Crippen LogP contribution in [-0.2, 0) is 22.4 Å². The monoisotopic (exact) mass is 461 g/mol. The van der Waals surface area contributed by atoms with Gasteiger partial charge >= 0.3 is 6.18 Å². The third-order valence-electron chi connectivity index (χ3n) is 4.81. The molecule has 166 valence electrons. The average Bonchev–Trinajstić information content (AvgIpc) is 3.11. The van der Waals surface area contributed by atoms with Crippen molar-refractivity contribution in [3.63, 3.8) is 0 Å². The van der Waals surface area contributed by atoms with E-state index in [1.54, 1.807) is 43.3 Å². The molecule has 0 aliphatic carbocycles. The molecule has 0 radical (unpaired) electrons. The third-order valence-corrected chi connectivity index (χ3v) is 5.92. The molecule has 4 rings (SSSR count). The molecule has 2 aromatic heterocycles. The van der Waals surface area contributed by atoms with Crippen LogP contribution in [0.3, 0.4) is 0 Å². The summed E-state index contributed by atoms with van der Waals surface area (Å²) in [5, 5.41) is 4.10. The first-order chi connectivity index (χ1) is 15.1. The third kappa shape index (κ3) is 4.18. The van der Waals surface area contributed by atoms with Crippen LogP contribution in [0.15, 0.2) is 65.7 Å². The van der Waals surface area contributed by atoms with E-state index < -0.39 is 21.6 Å². The number of benzene rings is 2. The van der Waals surface area contributed by atoms with E-state index in [0.717, 1.165) is 18.5 Å². The first-order valence-electron chi connectivity index (χ1n) is 9.60. The second-order valence-corrected chi connectivity index (χ2v) is 9.13. The molecule has 0 spiro atoms. The number of aryl methyl sites for hydroxylation is 1. The fraction of sp³-hybridized carbons (Fsp3) is 0.182. The zero-order chi connectivity index (χ0) is 23.1.